The summed E-state index contributed by atoms with van der Waals surface area (Å²) in [6, 6.07) is 11.4. The van der Waals surface area contributed by atoms with E-state index >= 15 is 0 Å². The molecule has 4 aromatic rings. The number of aromatic amines is 1. The molecule has 7 heteroatoms. The summed E-state index contributed by atoms with van der Waals surface area (Å²) < 4.78 is 7.05. The van der Waals surface area contributed by atoms with Crippen LogP contribution in [0.1, 0.15) is 5.56 Å². The lowest BCUT2D eigenvalue weighted by Gasteiger charge is -2.07. The number of ether oxygens (including phenoxy) is 1. The van der Waals surface area contributed by atoms with Crippen LogP contribution in [-0.2, 0) is 0 Å². The fraction of sp³-hybridized carbons (Fsp3) is 0.125. The maximum Gasteiger partial charge on any atom is 0.253 e. The number of H-pyrrole nitrogens is 1. The third-order valence-electron chi connectivity index (χ3n) is 3.79. The third kappa shape index (κ3) is 2.27. The lowest BCUT2D eigenvalue weighted by molar-refractivity contribution is 0.415. The Labute approximate surface area is 137 Å². The molecule has 4 rings (SSSR count). The zero-order chi connectivity index (χ0) is 16.0. The molecule has 0 atom stereocenters. The van der Waals surface area contributed by atoms with E-state index in [9.17, 15) is 0 Å². The summed E-state index contributed by atoms with van der Waals surface area (Å²) in [5, 5.41) is 7.15. The SMILES string of the molecule is COc1ccc2c(c1)nc1nc(Nc3cccc(Cl)c3C)[nH]n12. The van der Waals surface area contributed by atoms with E-state index in [4.69, 9.17) is 16.3 Å². The minimum Gasteiger partial charge on any atom is -0.497 e. The summed E-state index contributed by atoms with van der Waals surface area (Å²) in [6.07, 6.45) is 0. The highest BCUT2D eigenvalue weighted by atomic mass is 35.5. The summed E-state index contributed by atoms with van der Waals surface area (Å²) in [6.45, 7) is 1.96. The minimum absolute atomic E-state index is 0.593. The predicted octanol–water partition coefficient (Wildman–Crippen LogP) is 3.92. The van der Waals surface area contributed by atoms with E-state index < -0.39 is 0 Å². The van der Waals surface area contributed by atoms with Crippen molar-refractivity contribution in [3.63, 3.8) is 0 Å². The number of rotatable bonds is 3. The number of hydrogen-bond acceptors (Lipinski definition) is 4. The van der Waals surface area contributed by atoms with E-state index in [0.29, 0.717) is 16.7 Å². The van der Waals surface area contributed by atoms with Crippen molar-refractivity contribution in [3.8, 4) is 5.75 Å². The van der Waals surface area contributed by atoms with E-state index in [1.54, 1.807) is 7.11 Å². The predicted molar refractivity (Wildman–Crippen MR) is 90.9 cm³/mol. The molecule has 0 radical (unpaired) electrons. The lowest BCUT2D eigenvalue weighted by Crippen LogP contribution is -1.96. The summed E-state index contributed by atoms with van der Waals surface area (Å²) in [5.74, 6) is 1.97. The Kier molecular flexibility index (Phi) is 3.12. The molecule has 6 nitrogen and oxygen atoms in total. The van der Waals surface area contributed by atoms with E-state index in [2.05, 4.69) is 20.4 Å². The van der Waals surface area contributed by atoms with Crippen LogP contribution in [-0.4, -0.2) is 26.7 Å². The second-order valence-electron chi connectivity index (χ2n) is 5.21. The molecule has 0 unspecified atom stereocenters. The molecule has 2 aromatic heterocycles. The molecule has 116 valence electrons. The molecule has 0 aliphatic carbocycles. The number of aromatic nitrogens is 4. The normalized spacial score (nSPS) is 11.3. The van der Waals surface area contributed by atoms with Gasteiger partial charge in [0.25, 0.3) is 5.78 Å². The van der Waals surface area contributed by atoms with Gasteiger partial charge in [-0.2, -0.15) is 4.98 Å². The number of halogens is 1. The van der Waals surface area contributed by atoms with Gasteiger partial charge in [-0.25, -0.2) is 9.50 Å². The van der Waals surface area contributed by atoms with Gasteiger partial charge in [-0.15, -0.1) is 0 Å². The number of nitrogens with one attached hydrogen (secondary N) is 2. The topological polar surface area (TPSA) is 67.2 Å². The minimum atomic E-state index is 0.593. The van der Waals surface area contributed by atoms with Gasteiger partial charge in [0.1, 0.15) is 5.75 Å². The standard InChI is InChI=1S/C16H14ClN5O/c1-9-11(17)4-3-5-12(9)18-15-20-16-19-13-8-10(23-2)6-7-14(13)22(16)21-15/h3-8H,1-2H3,(H2,18,19,20,21). The van der Waals surface area contributed by atoms with Crippen molar-refractivity contribution in [1.29, 1.82) is 0 Å². The highest BCUT2D eigenvalue weighted by molar-refractivity contribution is 6.31. The Bertz CT molecular complexity index is 1020. The Balaban J connectivity index is 1.76. The van der Waals surface area contributed by atoms with Gasteiger partial charge in [-0.1, -0.05) is 17.7 Å². The van der Waals surface area contributed by atoms with Crippen LogP contribution in [0.3, 0.4) is 0 Å². The van der Waals surface area contributed by atoms with Gasteiger partial charge in [0, 0.05) is 16.8 Å². The first-order chi connectivity index (χ1) is 11.2. The van der Waals surface area contributed by atoms with Gasteiger partial charge in [0.15, 0.2) is 0 Å². The first-order valence-electron chi connectivity index (χ1n) is 7.10. The molecule has 0 bridgehead atoms. The zero-order valence-electron chi connectivity index (χ0n) is 12.6. The van der Waals surface area contributed by atoms with Crippen molar-refractivity contribution >= 4 is 40.0 Å². The molecule has 23 heavy (non-hydrogen) atoms. The van der Waals surface area contributed by atoms with Crippen LogP contribution >= 0.6 is 11.6 Å². The quantitative estimate of drug-likeness (QED) is 0.598. The number of imidazole rings is 1. The van der Waals surface area contributed by atoms with E-state index in [1.807, 2.05) is 47.8 Å². The molecule has 0 fully saturated rings. The Hall–Kier alpha value is -2.73. The first kappa shape index (κ1) is 13.9. The van der Waals surface area contributed by atoms with Crippen molar-refractivity contribution in [2.45, 2.75) is 6.92 Å². The van der Waals surface area contributed by atoms with Crippen molar-refractivity contribution in [2.24, 2.45) is 0 Å². The number of fused-ring (bicyclic) bond motifs is 3. The molecule has 0 saturated carbocycles. The molecular formula is C16H14ClN5O. The zero-order valence-corrected chi connectivity index (χ0v) is 13.3. The van der Waals surface area contributed by atoms with Gasteiger partial charge in [-0.3, -0.25) is 5.10 Å². The molecular weight excluding hydrogens is 314 g/mol. The Morgan fingerprint density at radius 3 is 2.91 bits per heavy atom. The fourth-order valence-electron chi connectivity index (χ4n) is 2.52. The number of methoxy groups -OCH3 is 1. The van der Waals surface area contributed by atoms with Gasteiger partial charge in [0.05, 0.1) is 18.1 Å². The molecule has 2 heterocycles. The van der Waals surface area contributed by atoms with E-state index in [-0.39, 0.29) is 0 Å². The molecule has 0 spiro atoms. The van der Waals surface area contributed by atoms with Crippen LogP contribution in [0.25, 0.3) is 16.8 Å². The third-order valence-corrected chi connectivity index (χ3v) is 4.20. The van der Waals surface area contributed by atoms with Crippen LogP contribution in [0.5, 0.6) is 5.75 Å². The average Bonchev–Trinajstić information content (AvgIpc) is 3.08. The number of benzene rings is 2. The average molecular weight is 328 g/mol. The highest BCUT2D eigenvalue weighted by Gasteiger charge is 2.11. The molecule has 0 amide bonds. The van der Waals surface area contributed by atoms with Crippen molar-refractivity contribution in [3.05, 3.63) is 47.0 Å². The summed E-state index contributed by atoms with van der Waals surface area (Å²) in [5.41, 5.74) is 3.64. The number of nitrogens with zero attached hydrogens (tertiary/aromatic N) is 3. The summed E-state index contributed by atoms with van der Waals surface area (Å²) >= 11 is 6.14. The Morgan fingerprint density at radius 1 is 1.22 bits per heavy atom. The van der Waals surface area contributed by atoms with E-state index in [0.717, 1.165) is 28.0 Å². The van der Waals surface area contributed by atoms with E-state index in [1.165, 1.54) is 0 Å². The Morgan fingerprint density at radius 2 is 2.09 bits per heavy atom. The van der Waals surface area contributed by atoms with Gasteiger partial charge < -0.3 is 10.1 Å². The fourth-order valence-corrected chi connectivity index (χ4v) is 2.69. The lowest BCUT2D eigenvalue weighted by atomic mass is 10.2. The van der Waals surface area contributed by atoms with Crippen LogP contribution in [0.4, 0.5) is 11.6 Å². The second-order valence-corrected chi connectivity index (χ2v) is 5.62. The largest absolute Gasteiger partial charge is 0.497 e. The van der Waals surface area contributed by atoms with Crippen LogP contribution in [0.15, 0.2) is 36.4 Å². The molecule has 2 N–H and O–H groups in total. The maximum absolute atomic E-state index is 6.14. The van der Waals surface area contributed by atoms with Crippen LogP contribution in [0, 0.1) is 6.92 Å². The monoisotopic (exact) mass is 327 g/mol. The number of anilines is 2. The number of hydrogen-bond donors (Lipinski definition) is 2. The highest BCUT2D eigenvalue weighted by Crippen LogP contribution is 2.26. The maximum atomic E-state index is 6.14. The van der Waals surface area contributed by atoms with Crippen molar-refractivity contribution in [1.82, 2.24) is 19.6 Å². The second kappa shape index (κ2) is 5.17. The molecule has 0 aliphatic rings. The van der Waals surface area contributed by atoms with Crippen molar-refractivity contribution < 1.29 is 4.74 Å². The van der Waals surface area contributed by atoms with Gasteiger partial charge in [0.2, 0.25) is 5.95 Å². The van der Waals surface area contributed by atoms with Crippen LogP contribution in [0.2, 0.25) is 5.02 Å². The smallest absolute Gasteiger partial charge is 0.253 e. The van der Waals surface area contributed by atoms with Crippen molar-refractivity contribution in [2.75, 3.05) is 12.4 Å². The molecule has 0 saturated heterocycles. The van der Waals surface area contributed by atoms with Gasteiger partial charge >= 0.3 is 0 Å². The molecule has 0 aliphatic heterocycles. The summed E-state index contributed by atoms with van der Waals surface area (Å²) in [7, 11) is 1.64. The van der Waals surface area contributed by atoms with Gasteiger partial charge in [-0.05, 0) is 36.8 Å². The molecule has 2 aromatic carbocycles. The first-order valence-corrected chi connectivity index (χ1v) is 7.48. The summed E-state index contributed by atoms with van der Waals surface area (Å²) in [4.78, 5) is 8.97. The van der Waals surface area contributed by atoms with Crippen LogP contribution < -0.4 is 10.1 Å².